The van der Waals surface area contributed by atoms with Gasteiger partial charge in [0.25, 0.3) is 0 Å². The number of H-pyrrole nitrogens is 1. The predicted octanol–water partition coefficient (Wildman–Crippen LogP) is 2.93. The van der Waals surface area contributed by atoms with Gasteiger partial charge in [0.05, 0.1) is 17.6 Å². The quantitative estimate of drug-likeness (QED) is 0.653. The number of aromatic amines is 1. The molecule has 0 bridgehead atoms. The second-order valence-corrected chi connectivity index (χ2v) is 4.83. The number of thioether (sulfide) groups is 1. The molecular weight excluding hydrogens is 267 g/mol. The largest absolute Gasteiger partial charge is 0.355 e. The Morgan fingerprint density at radius 2 is 1.95 bits per heavy atom. The highest BCUT2D eigenvalue weighted by Gasteiger charge is 2.09. The fourth-order valence-electron chi connectivity index (χ4n) is 1.53. The number of hydrogen-bond acceptors (Lipinski definition) is 4. The van der Waals surface area contributed by atoms with Crippen molar-refractivity contribution in [2.24, 2.45) is 0 Å². The van der Waals surface area contributed by atoms with Crippen LogP contribution in [0.3, 0.4) is 0 Å². The lowest BCUT2D eigenvalue weighted by Gasteiger charge is -2.11. The first-order valence-electron chi connectivity index (χ1n) is 5.72. The molecule has 0 aliphatic carbocycles. The summed E-state index contributed by atoms with van der Waals surface area (Å²) in [4.78, 5) is 7.43. The van der Waals surface area contributed by atoms with E-state index in [-0.39, 0.29) is 12.1 Å². The monoisotopic (exact) mass is 282 g/mol. The molecule has 1 aromatic carbocycles. The Morgan fingerprint density at radius 1 is 1.26 bits per heavy atom. The normalized spacial score (nSPS) is 11.2. The molecule has 0 saturated heterocycles. The van der Waals surface area contributed by atoms with Gasteiger partial charge < -0.3 is 14.5 Å². The van der Waals surface area contributed by atoms with E-state index in [1.54, 1.807) is 32.5 Å². The van der Waals surface area contributed by atoms with Crippen molar-refractivity contribution < 1.29 is 13.9 Å². The SMILES string of the molecule is COC(CSc1ncc(-c2ccc(F)cc2)[nH]1)OC. The highest BCUT2D eigenvalue weighted by molar-refractivity contribution is 7.99. The van der Waals surface area contributed by atoms with Gasteiger partial charge in [-0.25, -0.2) is 9.37 Å². The van der Waals surface area contributed by atoms with Gasteiger partial charge in [-0.05, 0) is 29.8 Å². The molecular formula is C13H15FN2O2S. The molecule has 6 heteroatoms. The van der Waals surface area contributed by atoms with Gasteiger partial charge in [-0.3, -0.25) is 0 Å². The number of rotatable bonds is 6. The van der Waals surface area contributed by atoms with Crippen LogP contribution in [0.15, 0.2) is 35.6 Å². The molecule has 1 heterocycles. The summed E-state index contributed by atoms with van der Waals surface area (Å²) in [6.45, 7) is 0. The number of benzene rings is 1. The van der Waals surface area contributed by atoms with Crippen LogP contribution in [0.5, 0.6) is 0 Å². The number of hydrogen-bond donors (Lipinski definition) is 1. The number of nitrogens with zero attached hydrogens (tertiary/aromatic N) is 1. The van der Waals surface area contributed by atoms with E-state index in [1.807, 2.05) is 0 Å². The Labute approximate surface area is 115 Å². The van der Waals surface area contributed by atoms with Crippen molar-refractivity contribution in [3.8, 4) is 11.3 Å². The fraction of sp³-hybridized carbons (Fsp3) is 0.308. The molecule has 1 N–H and O–H groups in total. The average Bonchev–Trinajstić information content (AvgIpc) is 2.89. The molecule has 0 amide bonds. The van der Waals surface area contributed by atoms with E-state index in [4.69, 9.17) is 9.47 Å². The maximum atomic E-state index is 12.8. The zero-order valence-electron chi connectivity index (χ0n) is 10.7. The zero-order chi connectivity index (χ0) is 13.7. The first-order valence-corrected chi connectivity index (χ1v) is 6.71. The molecule has 0 aliphatic rings. The third-order valence-corrected chi connectivity index (χ3v) is 3.51. The van der Waals surface area contributed by atoms with Gasteiger partial charge in [-0.15, -0.1) is 0 Å². The van der Waals surface area contributed by atoms with Crippen LogP contribution in [-0.2, 0) is 9.47 Å². The molecule has 1 aromatic heterocycles. The average molecular weight is 282 g/mol. The molecule has 2 aromatic rings. The second-order valence-electron chi connectivity index (χ2n) is 3.82. The van der Waals surface area contributed by atoms with Crippen molar-refractivity contribution in [3.63, 3.8) is 0 Å². The van der Waals surface area contributed by atoms with E-state index < -0.39 is 0 Å². The van der Waals surface area contributed by atoms with Crippen molar-refractivity contribution in [1.29, 1.82) is 0 Å². The minimum Gasteiger partial charge on any atom is -0.355 e. The van der Waals surface area contributed by atoms with E-state index in [0.717, 1.165) is 16.4 Å². The standard InChI is InChI=1S/C13H15FN2O2S/c1-17-12(18-2)8-19-13-15-7-11(16-13)9-3-5-10(14)6-4-9/h3-7,12H,8H2,1-2H3,(H,15,16). The molecule has 102 valence electrons. The number of methoxy groups -OCH3 is 2. The Balaban J connectivity index is 2.01. The number of imidazole rings is 1. The van der Waals surface area contributed by atoms with E-state index in [1.165, 1.54) is 23.9 Å². The number of ether oxygens (including phenoxy) is 2. The molecule has 2 rings (SSSR count). The van der Waals surface area contributed by atoms with Gasteiger partial charge in [0, 0.05) is 14.2 Å². The first kappa shape index (κ1) is 14.0. The summed E-state index contributed by atoms with van der Waals surface area (Å²) >= 11 is 1.51. The van der Waals surface area contributed by atoms with Crippen LogP contribution < -0.4 is 0 Å². The summed E-state index contributed by atoms with van der Waals surface area (Å²) in [5, 5.41) is 0.776. The molecule has 4 nitrogen and oxygen atoms in total. The zero-order valence-corrected chi connectivity index (χ0v) is 11.5. The lowest BCUT2D eigenvalue weighted by Crippen LogP contribution is -2.15. The first-order chi connectivity index (χ1) is 9.22. The van der Waals surface area contributed by atoms with Gasteiger partial charge in [-0.2, -0.15) is 0 Å². The molecule has 0 radical (unpaired) electrons. The maximum Gasteiger partial charge on any atom is 0.166 e. The summed E-state index contributed by atoms with van der Waals surface area (Å²) in [7, 11) is 3.20. The van der Waals surface area contributed by atoms with Crippen LogP contribution in [0.4, 0.5) is 4.39 Å². The lowest BCUT2D eigenvalue weighted by atomic mass is 10.2. The van der Waals surface area contributed by atoms with E-state index in [9.17, 15) is 4.39 Å². The summed E-state index contributed by atoms with van der Waals surface area (Å²) in [6, 6.07) is 6.28. The number of aromatic nitrogens is 2. The van der Waals surface area contributed by atoms with Gasteiger partial charge in [0.2, 0.25) is 0 Å². The van der Waals surface area contributed by atoms with Gasteiger partial charge in [0.1, 0.15) is 5.82 Å². The Bertz CT molecular complexity index is 512. The molecule has 0 unspecified atom stereocenters. The summed E-state index contributed by atoms with van der Waals surface area (Å²) in [5.41, 5.74) is 1.75. The number of halogens is 1. The van der Waals surface area contributed by atoms with Gasteiger partial charge >= 0.3 is 0 Å². The van der Waals surface area contributed by atoms with Crippen LogP contribution >= 0.6 is 11.8 Å². The molecule has 0 saturated carbocycles. The fourth-order valence-corrected chi connectivity index (χ4v) is 2.41. The van der Waals surface area contributed by atoms with E-state index in [2.05, 4.69) is 9.97 Å². The Morgan fingerprint density at radius 3 is 2.58 bits per heavy atom. The van der Waals surface area contributed by atoms with Crippen molar-refractivity contribution in [2.45, 2.75) is 11.4 Å². The van der Waals surface area contributed by atoms with Crippen LogP contribution in [-0.4, -0.2) is 36.2 Å². The van der Waals surface area contributed by atoms with Crippen LogP contribution in [0.25, 0.3) is 11.3 Å². The summed E-state index contributed by atoms with van der Waals surface area (Å²) < 4.78 is 23.0. The van der Waals surface area contributed by atoms with Crippen LogP contribution in [0.1, 0.15) is 0 Å². The highest BCUT2D eigenvalue weighted by Crippen LogP contribution is 2.22. The molecule has 0 fully saturated rings. The Kier molecular flexibility index (Phi) is 4.95. The van der Waals surface area contributed by atoms with Crippen molar-refractivity contribution in [1.82, 2.24) is 9.97 Å². The summed E-state index contributed by atoms with van der Waals surface area (Å²) in [6.07, 6.45) is 1.47. The molecule has 0 atom stereocenters. The van der Waals surface area contributed by atoms with Crippen LogP contribution in [0.2, 0.25) is 0 Å². The molecule has 19 heavy (non-hydrogen) atoms. The molecule has 0 aliphatic heterocycles. The highest BCUT2D eigenvalue weighted by atomic mass is 32.2. The van der Waals surface area contributed by atoms with Crippen LogP contribution in [0, 0.1) is 5.82 Å². The minimum absolute atomic E-state index is 0.249. The van der Waals surface area contributed by atoms with Crippen molar-refractivity contribution >= 4 is 11.8 Å². The van der Waals surface area contributed by atoms with Gasteiger partial charge in [0.15, 0.2) is 11.4 Å². The smallest absolute Gasteiger partial charge is 0.166 e. The molecule has 0 spiro atoms. The topological polar surface area (TPSA) is 47.1 Å². The second kappa shape index (κ2) is 6.70. The third kappa shape index (κ3) is 3.79. The maximum absolute atomic E-state index is 12.8. The van der Waals surface area contributed by atoms with Gasteiger partial charge in [-0.1, -0.05) is 11.8 Å². The van der Waals surface area contributed by atoms with Crippen molar-refractivity contribution in [2.75, 3.05) is 20.0 Å². The van der Waals surface area contributed by atoms with E-state index in [0.29, 0.717) is 5.75 Å². The van der Waals surface area contributed by atoms with Crippen molar-refractivity contribution in [3.05, 3.63) is 36.3 Å². The lowest BCUT2D eigenvalue weighted by molar-refractivity contribution is -0.0842. The Hall–Kier alpha value is -1.37. The predicted molar refractivity (Wildman–Crippen MR) is 72.5 cm³/mol. The minimum atomic E-state index is -0.260. The third-order valence-electron chi connectivity index (χ3n) is 2.59. The van der Waals surface area contributed by atoms with E-state index >= 15 is 0 Å². The summed E-state index contributed by atoms with van der Waals surface area (Å²) in [5.74, 6) is 0.393. The number of nitrogens with one attached hydrogen (secondary N) is 1.